The van der Waals surface area contributed by atoms with Gasteiger partial charge in [-0.2, -0.15) is 0 Å². The zero-order chi connectivity index (χ0) is 14.8. The minimum absolute atomic E-state index is 0.0148. The van der Waals surface area contributed by atoms with Crippen LogP contribution in [0.1, 0.15) is 25.3 Å². The molecule has 0 bridgehead atoms. The van der Waals surface area contributed by atoms with Crippen LogP contribution < -0.4 is 10.0 Å². The van der Waals surface area contributed by atoms with E-state index in [4.69, 9.17) is 0 Å². The van der Waals surface area contributed by atoms with Gasteiger partial charge >= 0.3 is 0 Å². The molecule has 1 fully saturated rings. The molecule has 0 radical (unpaired) electrons. The van der Waals surface area contributed by atoms with Gasteiger partial charge in [0.25, 0.3) is 0 Å². The molecule has 2 atom stereocenters. The number of hydrogen-bond acceptors (Lipinski definition) is 3. The first kappa shape index (κ1) is 15.4. The highest BCUT2D eigenvalue weighted by Gasteiger charge is 2.24. The number of hydrogen-bond donors (Lipinski definition) is 2. The Labute approximate surface area is 119 Å². The highest BCUT2D eigenvalue weighted by Crippen LogP contribution is 2.18. The number of rotatable bonds is 4. The van der Waals surface area contributed by atoms with Gasteiger partial charge in [-0.3, -0.25) is 0 Å². The van der Waals surface area contributed by atoms with Crippen molar-refractivity contribution < 1.29 is 12.8 Å². The third-order valence-electron chi connectivity index (χ3n) is 3.86. The van der Waals surface area contributed by atoms with Crippen LogP contribution in [0.2, 0.25) is 0 Å². The fourth-order valence-corrected chi connectivity index (χ4v) is 3.84. The van der Waals surface area contributed by atoms with E-state index in [9.17, 15) is 12.8 Å². The van der Waals surface area contributed by atoms with Crippen LogP contribution in [-0.2, 0) is 10.0 Å². The molecular formula is C14H21FN2O2S. The molecule has 4 nitrogen and oxygen atoms in total. The largest absolute Gasteiger partial charge is 0.312 e. The van der Waals surface area contributed by atoms with E-state index >= 15 is 0 Å². The van der Waals surface area contributed by atoms with E-state index in [0.717, 1.165) is 25.5 Å². The fraction of sp³-hybridized carbons (Fsp3) is 0.571. The maximum absolute atomic E-state index is 13.2. The van der Waals surface area contributed by atoms with Crippen LogP contribution in [0.4, 0.5) is 4.39 Å². The van der Waals surface area contributed by atoms with Crippen molar-refractivity contribution in [2.45, 2.75) is 37.6 Å². The van der Waals surface area contributed by atoms with Crippen LogP contribution >= 0.6 is 0 Å². The molecule has 1 heterocycles. The Balaban J connectivity index is 2.09. The first-order chi connectivity index (χ1) is 9.40. The van der Waals surface area contributed by atoms with Crippen LogP contribution in [0.5, 0.6) is 0 Å². The fourth-order valence-electron chi connectivity index (χ4n) is 2.53. The summed E-state index contributed by atoms with van der Waals surface area (Å²) < 4.78 is 40.3. The molecule has 0 spiro atoms. The highest BCUT2D eigenvalue weighted by molar-refractivity contribution is 7.89. The summed E-state index contributed by atoms with van der Waals surface area (Å²) in [4.78, 5) is 0.0148. The van der Waals surface area contributed by atoms with E-state index in [0.29, 0.717) is 18.0 Å². The second kappa shape index (κ2) is 6.20. The normalized spacial score (nSPS) is 23.8. The predicted molar refractivity (Wildman–Crippen MR) is 76.5 cm³/mol. The maximum atomic E-state index is 13.2. The molecule has 1 saturated heterocycles. The molecule has 2 unspecified atom stereocenters. The quantitative estimate of drug-likeness (QED) is 0.891. The molecule has 20 heavy (non-hydrogen) atoms. The number of halogens is 1. The van der Waals surface area contributed by atoms with Crippen LogP contribution in [-0.4, -0.2) is 27.5 Å². The lowest BCUT2D eigenvalue weighted by Gasteiger charge is -2.30. The number of aryl methyl sites for hydroxylation is 1. The molecular weight excluding hydrogens is 279 g/mol. The smallest absolute Gasteiger partial charge is 0.240 e. The van der Waals surface area contributed by atoms with Crippen LogP contribution in [0.25, 0.3) is 0 Å². The van der Waals surface area contributed by atoms with Crippen LogP contribution in [0, 0.1) is 18.7 Å². The van der Waals surface area contributed by atoms with Crippen LogP contribution in [0.3, 0.4) is 0 Å². The maximum Gasteiger partial charge on any atom is 0.240 e. The predicted octanol–water partition coefficient (Wildman–Crippen LogP) is 1.80. The van der Waals surface area contributed by atoms with Gasteiger partial charge in [-0.05, 0) is 49.9 Å². The second-order valence-electron chi connectivity index (χ2n) is 5.44. The molecule has 0 aliphatic carbocycles. The third kappa shape index (κ3) is 3.56. The summed E-state index contributed by atoms with van der Waals surface area (Å²) in [5.74, 6) is -0.111. The van der Waals surface area contributed by atoms with Crippen LogP contribution in [0.15, 0.2) is 23.1 Å². The van der Waals surface area contributed by atoms with Gasteiger partial charge in [0, 0.05) is 12.6 Å². The number of nitrogens with one attached hydrogen (secondary N) is 2. The van der Waals surface area contributed by atoms with E-state index in [1.165, 1.54) is 12.1 Å². The molecule has 0 saturated carbocycles. The summed E-state index contributed by atoms with van der Waals surface area (Å²) in [7, 11) is -3.67. The summed E-state index contributed by atoms with van der Waals surface area (Å²) in [6.07, 6.45) is 2.21. The Hall–Kier alpha value is -0.980. The highest BCUT2D eigenvalue weighted by atomic mass is 32.2. The molecule has 2 N–H and O–H groups in total. The van der Waals surface area contributed by atoms with Gasteiger partial charge in [0.2, 0.25) is 10.0 Å². The van der Waals surface area contributed by atoms with Gasteiger partial charge in [-0.15, -0.1) is 0 Å². The third-order valence-corrected chi connectivity index (χ3v) is 5.43. The van der Waals surface area contributed by atoms with Crippen molar-refractivity contribution in [1.29, 1.82) is 0 Å². The Morgan fingerprint density at radius 1 is 1.45 bits per heavy atom. The summed E-state index contributed by atoms with van der Waals surface area (Å²) in [5, 5.41) is 3.32. The molecule has 1 aromatic carbocycles. The van der Waals surface area contributed by atoms with Gasteiger partial charge in [-0.25, -0.2) is 17.5 Å². The Morgan fingerprint density at radius 3 is 2.90 bits per heavy atom. The monoisotopic (exact) mass is 300 g/mol. The van der Waals surface area contributed by atoms with Gasteiger partial charge in [0.05, 0.1) is 4.90 Å². The van der Waals surface area contributed by atoms with E-state index in [1.807, 2.05) is 0 Å². The second-order valence-corrected chi connectivity index (χ2v) is 7.18. The average molecular weight is 300 g/mol. The number of benzene rings is 1. The zero-order valence-electron chi connectivity index (χ0n) is 11.8. The summed E-state index contributed by atoms with van der Waals surface area (Å²) in [6.45, 7) is 5.02. The van der Waals surface area contributed by atoms with E-state index in [-0.39, 0.29) is 10.9 Å². The van der Waals surface area contributed by atoms with Crippen molar-refractivity contribution in [1.82, 2.24) is 10.0 Å². The molecule has 0 aromatic heterocycles. The minimum atomic E-state index is -3.67. The Bertz CT molecular complexity index is 575. The Kier molecular flexibility index (Phi) is 4.78. The molecule has 0 amide bonds. The number of sulfonamides is 1. The van der Waals surface area contributed by atoms with Crippen molar-refractivity contribution in [3.05, 3.63) is 29.6 Å². The van der Waals surface area contributed by atoms with Crippen molar-refractivity contribution >= 4 is 10.0 Å². The van der Waals surface area contributed by atoms with Crippen molar-refractivity contribution in [3.8, 4) is 0 Å². The zero-order valence-corrected chi connectivity index (χ0v) is 12.6. The van der Waals surface area contributed by atoms with Gasteiger partial charge in [0.15, 0.2) is 0 Å². The summed E-state index contributed by atoms with van der Waals surface area (Å²) >= 11 is 0. The van der Waals surface area contributed by atoms with Gasteiger partial charge < -0.3 is 5.32 Å². The van der Waals surface area contributed by atoms with Crippen molar-refractivity contribution in [3.63, 3.8) is 0 Å². The van der Waals surface area contributed by atoms with E-state index < -0.39 is 15.8 Å². The van der Waals surface area contributed by atoms with E-state index in [2.05, 4.69) is 17.0 Å². The summed E-state index contributed by atoms with van der Waals surface area (Å²) in [6, 6.07) is 3.94. The molecule has 1 aliphatic rings. The molecule has 1 aromatic rings. The Morgan fingerprint density at radius 2 is 2.20 bits per heavy atom. The van der Waals surface area contributed by atoms with Gasteiger partial charge in [-0.1, -0.05) is 13.0 Å². The van der Waals surface area contributed by atoms with Crippen molar-refractivity contribution in [2.24, 2.45) is 5.92 Å². The molecule has 2 rings (SSSR count). The lowest BCUT2D eigenvalue weighted by atomic mass is 9.93. The lowest BCUT2D eigenvalue weighted by Crippen LogP contribution is -2.47. The first-order valence-electron chi connectivity index (χ1n) is 6.89. The van der Waals surface area contributed by atoms with Crippen molar-refractivity contribution in [2.75, 3.05) is 13.1 Å². The molecule has 112 valence electrons. The number of piperidine rings is 1. The molecule has 1 aliphatic heterocycles. The van der Waals surface area contributed by atoms with Gasteiger partial charge in [0.1, 0.15) is 5.82 Å². The molecule has 6 heteroatoms. The average Bonchev–Trinajstić information content (AvgIpc) is 2.40. The SMILES string of the molecule is Cc1ccc(F)cc1S(=O)(=O)NCC1NCCCC1C. The minimum Gasteiger partial charge on any atom is -0.312 e. The lowest BCUT2D eigenvalue weighted by molar-refractivity contribution is 0.300. The standard InChI is InChI=1S/C14H21FN2O2S/c1-10-4-3-7-16-13(10)9-17-20(18,19)14-8-12(15)6-5-11(14)2/h5-6,8,10,13,16-17H,3-4,7,9H2,1-2H3. The topological polar surface area (TPSA) is 58.2 Å². The first-order valence-corrected chi connectivity index (χ1v) is 8.37. The van der Waals surface area contributed by atoms with E-state index in [1.54, 1.807) is 6.92 Å². The summed E-state index contributed by atoms with van der Waals surface area (Å²) in [5.41, 5.74) is 0.545.